The molecule has 0 atom stereocenters. The first-order valence-electron chi connectivity index (χ1n) is 7.89. The number of carboxylic acid groups (broad SMARTS) is 1. The van der Waals surface area contributed by atoms with E-state index in [2.05, 4.69) is 20.9 Å². The number of hydrogen-bond acceptors (Lipinski definition) is 5. The molecule has 3 rings (SSSR count). The fourth-order valence-corrected chi connectivity index (χ4v) is 3.78. The lowest BCUT2D eigenvalue weighted by molar-refractivity contribution is -0.139. The highest BCUT2D eigenvalue weighted by atomic mass is 79.9. The van der Waals surface area contributed by atoms with E-state index in [0.717, 1.165) is 11.3 Å². The second-order valence-electron chi connectivity index (χ2n) is 5.58. The van der Waals surface area contributed by atoms with Gasteiger partial charge in [0, 0.05) is 7.05 Å². The Morgan fingerprint density at radius 3 is 2.70 bits per heavy atom. The number of nitrogens with zero attached hydrogens (tertiary/aromatic N) is 2. The van der Waals surface area contributed by atoms with Gasteiger partial charge in [-0.1, -0.05) is 24.3 Å². The first-order chi connectivity index (χ1) is 12.9. The van der Waals surface area contributed by atoms with Crippen LogP contribution in [0.25, 0.3) is 6.08 Å². The summed E-state index contributed by atoms with van der Waals surface area (Å²) in [6.45, 7) is -0.419. The minimum absolute atomic E-state index is 0.128. The highest BCUT2D eigenvalue weighted by molar-refractivity contribution is 9.10. The number of carbonyl (C=O) groups excluding carboxylic acids is 1. The van der Waals surface area contributed by atoms with Gasteiger partial charge in [0.1, 0.15) is 5.75 Å². The summed E-state index contributed by atoms with van der Waals surface area (Å²) in [5.41, 5.74) is 1.57. The maximum absolute atomic E-state index is 12.5. The summed E-state index contributed by atoms with van der Waals surface area (Å²) in [7, 11) is 1.69. The van der Waals surface area contributed by atoms with Crippen molar-refractivity contribution in [2.45, 2.75) is 0 Å². The first-order valence-corrected chi connectivity index (χ1v) is 9.50. The summed E-state index contributed by atoms with van der Waals surface area (Å²) < 4.78 is 5.79. The molecule has 0 aliphatic carbocycles. The van der Waals surface area contributed by atoms with Crippen LogP contribution in [0.2, 0.25) is 0 Å². The smallest absolute Gasteiger partial charge is 0.341 e. The molecule has 0 radical (unpaired) electrons. The van der Waals surface area contributed by atoms with Crippen LogP contribution in [0, 0.1) is 0 Å². The number of amides is 1. The quantitative estimate of drug-likeness (QED) is 0.697. The molecule has 8 heteroatoms. The van der Waals surface area contributed by atoms with Gasteiger partial charge >= 0.3 is 5.97 Å². The first kappa shape index (κ1) is 19.2. The van der Waals surface area contributed by atoms with Crippen molar-refractivity contribution in [1.29, 1.82) is 0 Å². The van der Waals surface area contributed by atoms with E-state index in [1.807, 2.05) is 30.3 Å². The SMILES string of the molecule is CN1C(=O)/C(=C\c2ccc(OCC(=O)O)c(Br)c2)SC1=Nc1ccccc1. The molecule has 1 heterocycles. The van der Waals surface area contributed by atoms with Gasteiger partial charge in [0.25, 0.3) is 5.91 Å². The number of para-hydroxylation sites is 1. The summed E-state index contributed by atoms with van der Waals surface area (Å²) in [5, 5.41) is 9.30. The molecule has 0 saturated carbocycles. The Balaban J connectivity index is 1.81. The Morgan fingerprint density at radius 1 is 1.30 bits per heavy atom. The molecule has 1 saturated heterocycles. The predicted octanol–water partition coefficient (Wildman–Crippen LogP) is 4.15. The maximum atomic E-state index is 12.5. The Bertz CT molecular complexity index is 944. The minimum Gasteiger partial charge on any atom is -0.481 e. The number of aliphatic carboxylic acids is 1. The van der Waals surface area contributed by atoms with Crippen molar-refractivity contribution >= 4 is 56.5 Å². The predicted molar refractivity (Wildman–Crippen MR) is 109 cm³/mol. The second kappa shape index (κ2) is 8.41. The van der Waals surface area contributed by atoms with Gasteiger partial charge in [-0.3, -0.25) is 9.69 Å². The van der Waals surface area contributed by atoms with Gasteiger partial charge in [0.15, 0.2) is 11.8 Å². The van der Waals surface area contributed by atoms with Crippen molar-refractivity contribution in [3.05, 3.63) is 63.5 Å². The lowest BCUT2D eigenvalue weighted by Gasteiger charge is -2.07. The average Bonchev–Trinajstić information content (AvgIpc) is 2.90. The molecule has 0 unspecified atom stereocenters. The molecule has 0 aromatic heterocycles. The third-order valence-electron chi connectivity index (χ3n) is 3.59. The van der Waals surface area contributed by atoms with Crippen LogP contribution in [-0.4, -0.2) is 40.7 Å². The molecule has 1 aliphatic heterocycles. The zero-order valence-corrected chi connectivity index (χ0v) is 16.7. The lowest BCUT2D eigenvalue weighted by atomic mass is 10.2. The monoisotopic (exact) mass is 446 g/mol. The molecule has 2 aromatic carbocycles. The van der Waals surface area contributed by atoms with E-state index in [0.29, 0.717) is 20.3 Å². The van der Waals surface area contributed by atoms with Gasteiger partial charge in [0.05, 0.1) is 15.1 Å². The third kappa shape index (κ3) is 4.78. The van der Waals surface area contributed by atoms with Gasteiger partial charge in [0.2, 0.25) is 0 Å². The molecule has 138 valence electrons. The number of carboxylic acids is 1. The molecular formula is C19H15BrN2O4S. The minimum atomic E-state index is -1.05. The Kier molecular flexibility index (Phi) is 5.98. The van der Waals surface area contributed by atoms with E-state index in [1.54, 1.807) is 31.3 Å². The number of rotatable bonds is 5. The molecule has 6 nitrogen and oxygen atoms in total. The van der Waals surface area contributed by atoms with Crippen molar-refractivity contribution in [2.24, 2.45) is 4.99 Å². The van der Waals surface area contributed by atoms with Crippen molar-refractivity contribution < 1.29 is 19.4 Å². The molecule has 1 aliphatic rings. The molecular weight excluding hydrogens is 432 g/mol. The molecule has 0 spiro atoms. The Hall–Kier alpha value is -2.58. The van der Waals surface area contributed by atoms with Gasteiger partial charge in [-0.2, -0.15) is 0 Å². The van der Waals surface area contributed by atoms with Crippen molar-refractivity contribution in [3.63, 3.8) is 0 Å². The topological polar surface area (TPSA) is 79.2 Å². The number of halogens is 1. The number of carbonyl (C=O) groups is 2. The number of likely N-dealkylation sites (N-methyl/N-ethyl adjacent to an activating group) is 1. The zero-order valence-electron chi connectivity index (χ0n) is 14.3. The van der Waals surface area contributed by atoms with Gasteiger partial charge in [-0.15, -0.1) is 0 Å². The van der Waals surface area contributed by atoms with Crippen LogP contribution in [0.5, 0.6) is 5.75 Å². The lowest BCUT2D eigenvalue weighted by Crippen LogP contribution is -2.23. The Labute approximate surface area is 168 Å². The second-order valence-corrected chi connectivity index (χ2v) is 7.44. The van der Waals surface area contributed by atoms with Gasteiger partial charge in [-0.25, -0.2) is 9.79 Å². The average molecular weight is 447 g/mol. The highest BCUT2D eigenvalue weighted by Crippen LogP contribution is 2.34. The van der Waals surface area contributed by atoms with E-state index in [4.69, 9.17) is 9.84 Å². The fraction of sp³-hybridized carbons (Fsp3) is 0.105. The van der Waals surface area contributed by atoms with E-state index in [1.165, 1.54) is 16.7 Å². The van der Waals surface area contributed by atoms with Crippen molar-refractivity contribution in [2.75, 3.05) is 13.7 Å². The van der Waals surface area contributed by atoms with Crippen molar-refractivity contribution in [1.82, 2.24) is 4.90 Å². The van der Waals surface area contributed by atoms with Gasteiger partial charge in [-0.05, 0) is 63.6 Å². The largest absolute Gasteiger partial charge is 0.481 e. The van der Waals surface area contributed by atoms with E-state index in [9.17, 15) is 9.59 Å². The summed E-state index contributed by atoms with van der Waals surface area (Å²) in [5.74, 6) is -0.750. The van der Waals surface area contributed by atoms with Crippen LogP contribution in [0.4, 0.5) is 5.69 Å². The fourth-order valence-electron chi connectivity index (χ4n) is 2.28. The van der Waals surface area contributed by atoms with Crippen LogP contribution < -0.4 is 4.74 Å². The number of ether oxygens (including phenoxy) is 1. The molecule has 1 fully saturated rings. The summed E-state index contributed by atoms with van der Waals surface area (Å²) >= 11 is 4.66. The van der Waals surface area contributed by atoms with Gasteiger partial charge < -0.3 is 9.84 Å². The maximum Gasteiger partial charge on any atom is 0.341 e. The summed E-state index contributed by atoms with van der Waals surface area (Å²) in [4.78, 5) is 29.7. The van der Waals surface area contributed by atoms with E-state index in [-0.39, 0.29) is 5.91 Å². The standard InChI is InChI=1S/C19H15BrN2O4S/c1-22-18(25)16(27-19(22)21-13-5-3-2-4-6-13)10-12-7-8-15(14(20)9-12)26-11-17(23)24/h2-10H,11H2,1H3,(H,23,24)/b16-10+,21-19?. The number of benzene rings is 2. The number of aliphatic imine (C=N–C) groups is 1. The van der Waals surface area contributed by atoms with E-state index >= 15 is 0 Å². The number of amidine groups is 1. The molecule has 1 N–H and O–H groups in total. The summed E-state index contributed by atoms with van der Waals surface area (Å²) in [6.07, 6.45) is 1.77. The molecule has 0 bridgehead atoms. The van der Waals surface area contributed by atoms with Crippen LogP contribution in [0.1, 0.15) is 5.56 Å². The number of thioether (sulfide) groups is 1. The normalized spacial score (nSPS) is 17.0. The van der Waals surface area contributed by atoms with Crippen molar-refractivity contribution in [3.8, 4) is 5.75 Å². The van der Waals surface area contributed by atoms with Crippen LogP contribution in [0.3, 0.4) is 0 Å². The third-order valence-corrected chi connectivity index (χ3v) is 5.27. The highest BCUT2D eigenvalue weighted by Gasteiger charge is 2.30. The van der Waals surface area contributed by atoms with Crippen LogP contribution in [-0.2, 0) is 9.59 Å². The summed E-state index contributed by atoms with van der Waals surface area (Å²) in [6, 6.07) is 14.6. The number of hydrogen-bond donors (Lipinski definition) is 1. The Morgan fingerprint density at radius 2 is 2.04 bits per heavy atom. The molecule has 2 aromatic rings. The van der Waals surface area contributed by atoms with Crippen LogP contribution in [0.15, 0.2) is 62.9 Å². The van der Waals surface area contributed by atoms with Crippen LogP contribution >= 0.6 is 27.7 Å². The molecule has 27 heavy (non-hydrogen) atoms. The molecule has 1 amide bonds. The van der Waals surface area contributed by atoms with E-state index < -0.39 is 12.6 Å². The zero-order chi connectivity index (χ0) is 19.4.